The molecule has 0 fully saturated rings. The van der Waals surface area contributed by atoms with Crippen molar-refractivity contribution in [2.75, 3.05) is 5.48 Å². The molecular formula is C9H18N2O4S. The molecule has 0 saturated heterocycles. The maximum absolute atomic E-state index is 10.4. The van der Waals surface area contributed by atoms with E-state index in [2.05, 4.69) is 4.98 Å². The van der Waals surface area contributed by atoms with Crippen LogP contribution in [-0.4, -0.2) is 32.0 Å². The van der Waals surface area contributed by atoms with E-state index >= 15 is 0 Å². The SMILES string of the molecule is CC(C)(C)O.Cc1nc(NO)sc1C(=O)O.[HH]. The number of thiazole rings is 1. The number of carbonyl (C=O) groups is 1. The predicted molar refractivity (Wildman–Crippen MR) is 63.3 cm³/mol. The standard InChI is InChI=1S/C5H6N2O3S.C4H10O.H2/c1-2-3(4(8)9)11-5(6-2)7-10;1-4(2,3)5;/h10H,1H3,(H,6,7)(H,8,9);5H,1-3H3;1H. The minimum absolute atomic E-state index is 0. The van der Waals surface area contributed by atoms with Crippen molar-refractivity contribution in [2.24, 2.45) is 0 Å². The number of nitrogens with zero attached hydrogens (tertiary/aromatic N) is 1. The summed E-state index contributed by atoms with van der Waals surface area (Å²) in [6.07, 6.45) is 0. The van der Waals surface area contributed by atoms with E-state index in [-0.39, 0.29) is 11.4 Å². The largest absolute Gasteiger partial charge is 0.477 e. The van der Waals surface area contributed by atoms with Crippen molar-refractivity contribution in [1.29, 1.82) is 0 Å². The van der Waals surface area contributed by atoms with Crippen LogP contribution in [0.15, 0.2) is 0 Å². The third kappa shape index (κ3) is 6.33. The van der Waals surface area contributed by atoms with Gasteiger partial charge in [-0.3, -0.25) is 5.21 Å². The van der Waals surface area contributed by atoms with Gasteiger partial charge in [-0.05, 0) is 27.7 Å². The Bertz CT molecular complexity index is 356. The topological polar surface area (TPSA) is 103 Å². The quantitative estimate of drug-likeness (QED) is 0.598. The summed E-state index contributed by atoms with van der Waals surface area (Å²) in [5, 5.41) is 25.6. The highest BCUT2D eigenvalue weighted by Gasteiger charge is 2.12. The van der Waals surface area contributed by atoms with Gasteiger partial charge in [-0.2, -0.15) is 0 Å². The van der Waals surface area contributed by atoms with Crippen molar-refractivity contribution >= 4 is 22.4 Å². The molecule has 0 radical (unpaired) electrons. The molecule has 16 heavy (non-hydrogen) atoms. The molecule has 0 saturated carbocycles. The molecule has 0 bridgehead atoms. The van der Waals surface area contributed by atoms with Crippen LogP contribution < -0.4 is 5.48 Å². The average molecular weight is 250 g/mol. The predicted octanol–water partition coefficient (Wildman–Crippen LogP) is 1.97. The van der Waals surface area contributed by atoms with E-state index in [1.165, 1.54) is 0 Å². The van der Waals surface area contributed by atoms with E-state index < -0.39 is 11.6 Å². The van der Waals surface area contributed by atoms with Crippen molar-refractivity contribution in [3.8, 4) is 0 Å². The summed E-state index contributed by atoms with van der Waals surface area (Å²) in [7, 11) is 0. The second kappa shape index (κ2) is 5.78. The number of anilines is 1. The van der Waals surface area contributed by atoms with Crippen LogP contribution >= 0.6 is 11.3 Å². The highest BCUT2D eigenvalue weighted by Crippen LogP contribution is 2.21. The fraction of sp³-hybridized carbons (Fsp3) is 0.556. The first-order valence-electron chi connectivity index (χ1n) is 4.48. The first kappa shape index (κ1) is 14.8. The lowest BCUT2D eigenvalue weighted by Crippen LogP contribution is -2.10. The molecule has 0 aliphatic heterocycles. The van der Waals surface area contributed by atoms with Gasteiger partial charge in [-0.15, -0.1) is 0 Å². The first-order valence-corrected chi connectivity index (χ1v) is 5.30. The first-order chi connectivity index (χ1) is 7.15. The van der Waals surface area contributed by atoms with Gasteiger partial charge in [0.1, 0.15) is 4.88 Å². The third-order valence-corrected chi connectivity index (χ3v) is 2.14. The van der Waals surface area contributed by atoms with Crippen LogP contribution in [0.25, 0.3) is 0 Å². The van der Waals surface area contributed by atoms with Gasteiger partial charge in [0.15, 0.2) is 0 Å². The van der Waals surface area contributed by atoms with Gasteiger partial charge in [0.25, 0.3) is 0 Å². The average Bonchev–Trinajstić information content (AvgIpc) is 2.43. The fourth-order valence-electron chi connectivity index (χ4n) is 0.643. The van der Waals surface area contributed by atoms with Gasteiger partial charge in [0.2, 0.25) is 5.13 Å². The van der Waals surface area contributed by atoms with E-state index in [1.807, 2.05) is 0 Å². The number of aromatic nitrogens is 1. The number of aromatic carboxylic acids is 1. The van der Waals surface area contributed by atoms with E-state index in [0.717, 1.165) is 11.3 Å². The number of hydrogen-bond donors (Lipinski definition) is 4. The lowest BCUT2D eigenvalue weighted by Gasteiger charge is -2.04. The van der Waals surface area contributed by atoms with E-state index in [9.17, 15) is 4.79 Å². The van der Waals surface area contributed by atoms with Crippen molar-refractivity contribution in [3.05, 3.63) is 10.6 Å². The zero-order chi connectivity index (χ0) is 12.9. The maximum Gasteiger partial charge on any atom is 0.347 e. The Hall–Kier alpha value is -1.18. The Balaban J connectivity index is 0. The molecule has 0 spiro atoms. The second-order valence-electron chi connectivity index (χ2n) is 4.02. The highest BCUT2D eigenvalue weighted by atomic mass is 32.1. The summed E-state index contributed by atoms with van der Waals surface area (Å²) in [5.74, 6) is -1.03. The molecular weight excluding hydrogens is 232 g/mol. The summed E-state index contributed by atoms with van der Waals surface area (Å²) in [5.41, 5.74) is 1.69. The molecule has 0 aromatic carbocycles. The third-order valence-electron chi connectivity index (χ3n) is 1.09. The molecule has 0 atom stereocenters. The number of carboxylic acid groups (broad SMARTS) is 1. The summed E-state index contributed by atoms with van der Waals surface area (Å²) in [6, 6.07) is 0. The molecule has 94 valence electrons. The summed E-state index contributed by atoms with van der Waals surface area (Å²) in [4.78, 5) is 14.3. The molecule has 0 aliphatic carbocycles. The van der Waals surface area contributed by atoms with Crippen molar-refractivity contribution in [1.82, 2.24) is 4.98 Å². The van der Waals surface area contributed by atoms with Crippen LogP contribution in [0, 0.1) is 6.92 Å². The molecule has 1 heterocycles. The molecule has 7 heteroatoms. The van der Waals surface area contributed by atoms with Crippen LogP contribution in [0.4, 0.5) is 5.13 Å². The van der Waals surface area contributed by atoms with Gasteiger partial charge in [0.05, 0.1) is 11.3 Å². The molecule has 1 rings (SSSR count). The van der Waals surface area contributed by atoms with E-state index in [1.54, 1.807) is 33.2 Å². The van der Waals surface area contributed by atoms with Gasteiger partial charge in [-0.25, -0.2) is 15.3 Å². The molecule has 6 nitrogen and oxygen atoms in total. The van der Waals surface area contributed by atoms with Crippen LogP contribution in [0.3, 0.4) is 0 Å². The summed E-state index contributed by atoms with van der Waals surface area (Å²) >= 11 is 0.896. The van der Waals surface area contributed by atoms with E-state index in [4.69, 9.17) is 15.4 Å². The lowest BCUT2D eigenvalue weighted by molar-refractivity contribution is 0.0701. The van der Waals surface area contributed by atoms with Crippen LogP contribution in [-0.2, 0) is 0 Å². The van der Waals surface area contributed by atoms with Gasteiger partial charge < -0.3 is 10.2 Å². The molecule has 0 aliphatic rings. The highest BCUT2D eigenvalue weighted by molar-refractivity contribution is 7.17. The number of rotatable bonds is 2. The van der Waals surface area contributed by atoms with Gasteiger partial charge in [0, 0.05) is 1.43 Å². The number of hydrogen-bond acceptors (Lipinski definition) is 6. The smallest absolute Gasteiger partial charge is 0.347 e. The Kier molecular flexibility index (Phi) is 5.36. The zero-order valence-electron chi connectivity index (χ0n) is 9.61. The van der Waals surface area contributed by atoms with Gasteiger partial charge in [-0.1, -0.05) is 11.3 Å². The maximum atomic E-state index is 10.4. The Labute approximate surface area is 99.0 Å². The molecule has 0 unspecified atom stereocenters. The minimum atomic E-state index is -1.03. The number of aryl methyl sites for hydroxylation is 1. The second-order valence-corrected chi connectivity index (χ2v) is 5.02. The number of carboxylic acids is 1. The van der Waals surface area contributed by atoms with Crippen molar-refractivity contribution < 1.29 is 21.6 Å². The number of aliphatic hydroxyl groups is 1. The molecule has 4 N–H and O–H groups in total. The zero-order valence-corrected chi connectivity index (χ0v) is 10.4. The summed E-state index contributed by atoms with van der Waals surface area (Å²) in [6.45, 7) is 6.80. The lowest BCUT2D eigenvalue weighted by atomic mass is 10.2. The molecule has 1 aromatic heterocycles. The Morgan fingerprint density at radius 1 is 1.50 bits per heavy atom. The minimum Gasteiger partial charge on any atom is -0.477 e. The molecule has 0 amide bonds. The normalized spacial score (nSPS) is 10.4. The number of nitrogens with one attached hydrogen (secondary N) is 1. The molecule has 1 aromatic rings. The van der Waals surface area contributed by atoms with Crippen LogP contribution in [0.1, 0.15) is 37.6 Å². The fourth-order valence-corrected chi connectivity index (χ4v) is 1.34. The van der Waals surface area contributed by atoms with Crippen molar-refractivity contribution in [3.63, 3.8) is 0 Å². The Morgan fingerprint density at radius 2 is 1.94 bits per heavy atom. The van der Waals surface area contributed by atoms with Gasteiger partial charge >= 0.3 is 5.97 Å². The summed E-state index contributed by atoms with van der Waals surface area (Å²) < 4.78 is 0. The van der Waals surface area contributed by atoms with E-state index in [0.29, 0.717) is 5.69 Å². The monoisotopic (exact) mass is 250 g/mol. The van der Waals surface area contributed by atoms with Crippen molar-refractivity contribution in [2.45, 2.75) is 33.3 Å². The van der Waals surface area contributed by atoms with Crippen LogP contribution in [0.5, 0.6) is 0 Å². The Morgan fingerprint density at radius 3 is 2.12 bits per heavy atom. The van der Waals surface area contributed by atoms with Crippen LogP contribution in [0.2, 0.25) is 0 Å².